The summed E-state index contributed by atoms with van der Waals surface area (Å²) in [6.07, 6.45) is 12.3. The number of hydrogen-bond donors (Lipinski definition) is 2. The van der Waals surface area contributed by atoms with Gasteiger partial charge >= 0.3 is 0 Å². The number of hydrogen-bond acceptors (Lipinski definition) is 2. The van der Waals surface area contributed by atoms with Crippen LogP contribution in [-0.2, 0) is 0 Å². The zero-order valence-electron chi connectivity index (χ0n) is 11.4. The van der Waals surface area contributed by atoms with Crippen LogP contribution in [0.25, 0.3) is 0 Å². The van der Waals surface area contributed by atoms with E-state index in [1.165, 1.54) is 51.4 Å². The van der Waals surface area contributed by atoms with Crippen molar-refractivity contribution in [2.24, 2.45) is 5.92 Å². The minimum atomic E-state index is -0.394. The Labute approximate surface area is 106 Å². The molecule has 17 heavy (non-hydrogen) atoms. The number of rotatable bonds is 3. The van der Waals surface area contributed by atoms with Crippen molar-refractivity contribution in [1.82, 2.24) is 5.32 Å². The lowest BCUT2D eigenvalue weighted by atomic mass is 9.73. The smallest absolute Gasteiger partial charge is 0.0800 e. The Morgan fingerprint density at radius 1 is 1.12 bits per heavy atom. The summed E-state index contributed by atoms with van der Waals surface area (Å²) >= 11 is 0. The highest BCUT2D eigenvalue weighted by atomic mass is 16.3. The summed E-state index contributed by atoms with van der Waals surface area (Å²) in [5.74, 6) is 0.881. The quantitative estimate of drug-likeness (QED) is 0.792. The number of nitrogens with one attached hydrogen (secondary N) is 1. The van der Waals surface area contributed by atoms with Crippen LogP contribution in [0.1, 0.15) is 71.1 Å². The van der Waals surface area contributed by atoms with Crippen molar-refractivity contribution in [3.05, 3.63) is 0 Å². The van der Waals surface area contributed by atoms with Crippen molar-refractivity contribution in [1.29, 1.82) is 0 Å². The summed E-state index contributed by atoms with van der Waals surface area (Å²) in [5.41, 5.74) is -0.394. The summed E-state index contributed by atoms with van der Waals surface area (Å²) in [6, 6.07) is 0.368. The van der Waals surface area contributed by atoms with Crippen LogP contribution in [0.4, 0.5) is 0 Å². The third-order valence-electron chi connectivity index (χ3n) is 4.88. The minimum Gasteiger partial charge on any atom is -0.388 e. The Kier molecular flexibility index (Phi) is 4.87. The van der Waals surface area contributed by atoms with Crippen molar-refractivity contribution in [3.63, 3.8) is 0 Å². The highest BCUT2D eigenvalue weighted by Crippen LogP contribution is 2.38. The maximum Gasteiger partial charge on any atom is 0.0800 e. The van der Waals surface area contributed by atoms with Crippen molar-refractivity contribution < 1.29 is 5.11 Å². The molecule has 0 aromatic heterocycles. The van der Waals surface area contributed by atoms with Crippen LogP contribution in [0.3, 0.4) is 0 Å². The fourth-order valence-corrected chi connectivity index (χ4v) is 3.71. The molecule has 1 aliphatic carbocycles. The summed E-state index contributed by atoms with van der Waals surface area (Å²) in [5, 5.41) is 14.4. The predicted molar refractivity (Wildman–Crippen MR) is 72.1 cm³/mol. The van der Waals surface area contributed by atoms with Gasteiger partial charge in [-0.2, -0.15) is 0 Å². The van der Waals surface area contributed by atoms with Crippen LogP contribution >= 0.6 is 0 Å². The van der Waals surface area contributed by atoms with Crippen molar-refractivity contribution in [3.8, 4) is 0 Å². The first-order chi connectivity index (χ1) is 8.24. The van der Waals surface area contributed by atoms with Crippen LogP contribution in [0, 0.1) is 5.92 Å². The first kappa shape index (κ1) is 13.4. The van der Waals surface area contributed by atoms with E-state index in [1.54, 1.807) is 0 Å². The topological polar surface area (TPSA) is 32.3 Å². The fourth-order valence-electron chi connectivity index (χ4n) is 3.71. The van der Waals surface area contributed by atoms with E-state index in [1.807, 2.05) is 0 Å². The molecule has 1 saturated carbocycles. The zero-order chi connectivity index (χ0) is 12.1. The molecule has 0 spiro atoms. The van der Waals surface area contributed by atoms with Crippen LogP contribution in [0.5, 0.6) is 0 Å². The highest BCUT2D eigenvalue weighted by molar-refractivity contribution is 4.95. The molecular formula is C15H29NO. The number of aliphatic hydroxyl groups is 1. The summed E-state index contributed by atoms with van der Waals surface area (Å²) in [7, 11) is 0. The Morgan fingerprint density at radius 2 is 1.88 bits per heavy atom. The van der Waals surface area contributed by atoms with E-state index in [9.17, 15) is 5.11 Å². The van der Waals surface area contributed by atoms with Crippen molar-refractivity contribution >= 4 is 0 Å². The lowest BCUT2D eigenvalue weighted by Gasteiger charge is -2.41. The van der Waals surface area contributed by atoms with Crippen LogP contribution in [0.15, 0.2) is 0 Å². The highest BCUT2D eigenvalue weighted by Gasteiger charge is 2.39. The van der Waals surface area contributed by atoms with Gasteiger partial charge in [0.15, 0.2) is 0 Å². The molecule has 2 rings (SSSR count). The third-order valence-corrected chi connectivity index (χ3v) is 4.88. The average Bonchev–Trinajstić information content (AvgIpc) is 2.62. The standard InChI is InChI=1S/C15H29NO/c1-2-6-13-8-10-15(17,11-9-13)14-7-4-3-5-12-16-14/h13-14,16-17H,2-12H2,1H3. The molecule has 2 heteroatoms. The van der Waals surface area contributed by atoms with Crippen molar-refractivity contribution in [2.75, 3.05) is 6.54 Å². The fraction of sp³-hybridized carbons (Fsp3) is 1.00. The Balaban J connectivity index is 1.86. The van der Waals surface area contributed by atoms with Gasteiger partial charge in [-0.25, -0.2) is 0 Å². The second kappa shape index (κ2) is 6.19. The van der Waals surface area contributed by atoms with Gasteiger partial charge in [0, 0.05) is 6.04 Å². The molecular weight excluding hydrogens is 210 g/mol. The summed E-state index contributed by atoms with van der Waals surface area (Å²) in [4.78, 5) is 0. The second-order valence-electron chi connectivity index (χ2n) is 6.19. The average molecular weight is 239 g/mol. The Hall–Kier alpha value is -0.0800. The van der Waals surface area contributed by atoms with Gasteiger partial charge in [0.1, 0.15) is 0 Å². The monoisotopic (exact) mass is 239 g/mol. The molecule has 0 radical (unpaired) electrons. The predicted octanol–water partition coefficient (Wildman–Crippen LogP) is 3.24. The van der Waals surface area contributed by atoms with E-state index in [4.69, 9.17) is 0 Å². The molecule has 1 atom stereocenters. The van der Waals surface area contributed by atoms with Gasteiger partial charge in [-0.3, -0.25) is 0 Å². The van der Waals surface area contributed by atoms with E-state index in [0.29, 0.717) is 6.04 Å². The first-order valence-electron chi connectivity index (χ1n) is 7.70. The SMILES string of the molecule is CCCC1CCC(O)(C2CCCCCN2)CC1. The molecule has 1 heterocycles. The molecule has 2 nitrogen and oxygen atoms in total. The van der Waals surface area contributed by atoms with Gasteiger partial charge in [0.05, 0.1) is 5.60 Å². The first-order valence-corrected chi connectivity index (χ1v) is 7.70. The molecule has 0 aromatic rings. The lowest BCUT2D eigenvalue weighted by molar-refractivity contribution is -0.0431. The molecule has 0 bridgehead atoms. The van der Waals surface area contributed by atoms with Crippen LogP contribution in [-0.4, -0.2) is 23.3 Å². The maximum absolute atomic E-state index is 10.8. The normalized spacial score (nSPS) is 39.9. The molecule has 1 saturated heterocycles. The molecule has 1 unspecified atom stereocenters. The van der Waals surface area contributed by atoms with Gasteiger partial charge in [-0.1, -0.05) is 32.6 Å². The Bertz CT molecular complexity index is 213. The molecule has 2 fully saturated rings. The zero-order valence-corrected chi connectivity index (χ0v) is 11.4. The van der Waals surface area contributed by atoms with Gasteiger partial charge in [0.25, 0.3) is 0 Å². The summed E-state index contributed by atoms with van der Waals surface area (Å²) in [6.45, 7) is 3.37. The second-order valence-corrected chi connectivity index (χ2v) is 6.19. The summed E-state index contributed by atoms with van der Waals surface area (Å²) < 4.78 is 0. The van der Waals surface area contributed by atoms with Gasteiger partial charge in [0.2, 0.25) is 0 Å². The Morgan fingerprint density at radius 3 is 2.59 bits per heavy atom. The molecule has 100 valence electrons. The van der Waals surface area contributed by atoms with E-state index in [-0.39, 0.29) is 0 Å². The van der Waals surface area contributed by atoms with E-state index in [0.717, 1.165) is 25.3 Å². The maximum atomic E-state index is 10.8. The van der Waals surface area contributed by atoms with E-state index >= 15 is 0 Å². The van der Waals surface area contributed by atoms with Gasteiger partial charge < -0.3 is 10.4 Å². The third kappa shape index (κ3) is 3.45. The molecule has 0 aromatic carbocycles. The lowest BCUT2D eigenvalue weighted by Crippen LogP contribution is -2.52. The van der Waals surface area contributed by atoms with Gasteiger partial charge in [-0.15, -0.1) is 0 Å². The van der Waals surface area contributed by atoms with E-state index in [2.05, 4.69) is 12.2 Å². The molecule has 2 N–H and O–H groups in total. The van der Waals surface area contributed by atoms with Crippen molar-refractivity contribution in [2.45, 2.75) is 82.8 Å². The van der Waals surface area contributed by atoms with Gasteiger partial charge in [-0.05, 0) is 51.0 Å². The largest absolute Gasteiger partial charge is 0.388 e. The molecule has 1 aliphatic heterocycles. The molecule has 0 amide bonds. The van der Waals surface area contributed by atoms with Crippen LogP contribution < -0.4 is 5.32 Å². The molecule has 2 aliphatic rings. The minimum absolute atomic E-state index is 0.368. The van der Waals surface area contributed by atoms with Crippen LogP contribution in [0.2, 0.25) is 0 Å². The van der Waals surface area contributed by atoms with E-state index < -0.39 is 5.60 Å².